The highest BCUT2D eigenvalue weighted by Crippen LogP contribution is 2.12. The van der Waals surface area contributed by atoms with Gasteiger partial charge < -0.3 is 9.64 Å². The molecule has 1 aromatic rings. The van der Waals surface area contributed by atoms with Crippen molar-refractivity contribution >= 4 is 21.8 Å². The molecule has 1 rings (SSSR count). The number of carbonyl (C=O) groups is 1. The highest BCUT2D eigenvalue weighted by Gasteiger charge is 2.14. The zero-order chi connectivity index (χ0) is 13.5. The van der Waals surface area contributed by atoms with Crippen molar-refractivity contribution in [1.29, 1.82) is 0 Å². The minimum Gasteiger partial charge on any atom is -0.493 e. The van der Waals surface area contributed by atoms with E-state index in [1.807, 2.05) is 45.2 Å². The van der Waals surface area contributed by atoms with E-state index in [0.29, 0.717) is 13.0 Å². The molecule has 18 heavy (non-hydrogen) atoms. The molecule has 1 amide bonds. The Labute approximate surface area is 117 Å². The maximum absolute atomic E-state index is 11.8. The van der Waals surface area contributed by atoms with E-state index in [1.54, 1.807) is 4.90 Å². The highest BCUT2D eigenvalue weighted by atomic mass is 79.9. The number of halogens is 1. The van der Waals surface area contributed by atoms with Crippen LogP contribution in [0.5, 0.6) is 5.75 Å². The van der Waals surface area contributed by atoms with Crippen LogP contribution < -0.4 is 4.74 Å². The van der Waals surface area contributed by atoms with E-state index >= 15 is 0 Å². The van der Waals surface area contributed by atoms with Gasteiger partial charge in [0.1, 0.15) is 5.75 Å². The van der Waals surface area contributed by atoms with Gasteiger partial charge in [0.15, 0.2) is 0 Å². The summed E-state index contributed by atoms with van der Waals surface area (Å²) in [5, 5.41) is 0.786. The zero-order valence-electron chi connectivity index (χ0n) is 11.1. The Morgan fingerprint density at radius 3 is 2.83 bits per heavy atom. The first kappa shape index (κ1) is 15.0. The molecule has 4 heteroatoms. The molecule has 3 nitrogen and oxygen atoms in total. The van der Waals surface area contributed by atoms with Gasteiger partial charge in [-0.1, -0.05) is 28.1 Å². The summed E-state index contributed by atoms with van der Waals surface area (Å²) < 4.78 is 5.56. The molecule has 0 aliphatic heterocycles. The van der Waals surface area contributed by atoms with Crippen molar-refractivity contribution in [2.45, 2.75) is 26.3 Å². The zero-order valence-corrected chi connectivity index (χ0v) is 12.7. The lowest BCUT2D eigenvalue weighted by Gasteiger charge is -2.23. The van der Waals surface area contributed by atoms with E-state index < -0.39 is 0 Å². The van der Waals surface area contributed by atoms with Crippen molar-refractivity contribution in [1.82, 2.24) is 4.90 Å². The molecule has 100 valence electrons. The first-order chi connectivity index (χ1) is 8.54. The Bertz CT molecular complexity index is 395. The quantitative estimate of drug-likeness (QED) is 0.756. The van der Waals surface area contributed by atoms with Crippen molar-refractivity contribution < 1.29 is 9.53 Å². The van der Waals surface area contributed by atoms with Crippen LogP contribution in [0.4, 0.5) is 0 Å². The maximum Gasteiger partial charge on any atom is 0.226 e. The smallest absolute Gasteiger partial charge is 0.226 e. The number of carbonyl (C=O) groups excluding carboxylic acids is 1. The summed E-state index contributed by atoms with van der Waals surface area (Å²) >= 11 is 3.37. The molecule has 0 aliphatic carbocycles. The number of ether oxygens (including phenoxy) is 1. The van der Waals surface area contributed by atoms with Crippen LogP contribution in [-0.2, 0) is 4.79 Å². The van der Waals surface area contributed by atoms with Crippen LogP contribution in [0.3, 0.4) is 0 Å². The summed E-state index contributed by atoms with van der Waals surface area (Å²) in [6, 6.07) is 8.04. The average molecular weight is 314 g/mol. The van der Waals surface area contributed by atoms with E-state index in [2.05, 4.69) is 15.9 Å². The Hall–Kier alpha value is -1.03. The molecule has 0 radical (unpaired) electrons. The number of aryl methyl sites for hydroxylation is 1. The molecule has 0 fully saturated rings. The molecule has 0 spiro atoms. The van der Waals surface area contributed by atoms with Crippen LogP contribution >= 0.6 is 15.9 Å². The number of nitrogens with zero attached hydrogens (tertiary/aromatic N) is 1. The summed E-state index contributed by atoms with van der Waals surface area (Å²) in [7, 11) is 1.82. The van der Waals surface area contributed by atoms with Gasteiger partial charge in [0.2, 0.25) is 5.91 Å². The van der Waals surface area contributed by atoms with Crippen LogP contribution in [0.25, 0.3) is 0 Å². The molecule has 1 unspecified atom stereocenters. The minimum atomic E-state index is 0.106. The third-order valence-corrected chi connectivity index (χ3v) is 3.79. The summed E-state index contributed by atoms with van der Waals surface area (Å²) in [5.41, 5.74) is 1.16. The van der Waals surface area contributed by atoms with Gasteiger partial charge in [0.25, 0.3) is 0 Å². The number of benzene rings is 1. The molecule has 1 aromatic carbocycles. The Morgan fingerprint density at radius 1 is 1.50 bits per heavy atom. The fourth-order valence-corrected chi connectivity index (χ4v) is 1.92. The summed E-state index contributed by atoms with van der Waals surface area (Å²) in [6.07, 6.45) is 0.405. The van der Waals surface area contributed by atoms with Gasteiger partial charge in [-0.05, 0) is 31.5 Å². The lowest BCUT2D eigenvalue weighted by Crippen LogP contribution is -2.36. The lowest BCUT2D eigenvalue weighted by atomic mass is 10.2. The van der Waals surface area contributed by atoms with Gasteiger partial charge in [0.05, 0.1) is 13.0 Å². The largest absolute Gasteiger partial charge is 0.493 e. The molecule has 0 saturated heterocycles. The van der Waals surface area contributed by atoms with Gasteiger partial charge >= 0.3 is 0 Å². The Morgan fingerprint density at radius 2 is 2.22 bits per heavy atom. The van der Waals surface area contributed by atoms with Crippen molar-refractivity contribution in [2.24, 2.45) is 0 Å². The molecule has 0 aliphatic rings. The van der Waals surface area contributed by atoms with Crippen LogP contribution in [0.2, 0.25) is 0 Å². The minimum absolute atomic E-state index is 0.106. The predicted octanol–water partition coefficient (Wildman–Crippen LogP) is 3.01. The second-order valence-corrected chi connectivity index (χ2v) is 5.07. The summed E-state index contributed by atoms with van der Waals surface area (Å²) in [4.78, 5) is 13.6. The normalized spacial score (nSPS) is 12.0. The molecule has 0 N–H and O–H groups in total. The van der Waals surface area contributed by atoms with Crippen molar-refractivity contribution in [2.75, 3.05) is 19.0 Å². The lowest BCUT2D eigenvalue weighted by molar-refractivity contribution is -0.131. The van der Waals surface area contributed by atoms with Gasteiger partial charge in [0, 0.05) is 18.4 Å². The molecule has 0 bridgehead atoms. The molecule has 1 atom stereocenters. The van der Waals surface area contributed by atoms with E-state index in [4.69, 9.17) is 4.74 Å². The van der Waals surface area contributed by atoms with Crippen LogP contribution in [-0.4, -0.2) is 35.8 Å². The second-order valence-electron chi connectivity index (χ2n) is 4.42. The predicted molar refractivity (Wildman–Crippen MR) is 77.3 cm³/mol. The Kier molecular flexibility index (Phi) is 6.19. The molecule has 0 heterocycles. The van der Waals surface area contributed by atoms with Gasteiger partial charge in [-0.15, -0.1) is 0 Å². The summed E-state index contributed by atoms with van der Waals surface area (Å²) in [5.74, 6) is 0.925. The SMILES string of the molecule is Cc1cccc(OCCC(=O)N(C)C(C)CBr)c1. The van der Waals surface area contributed by atoms with E-state index in [9.17, 15) is 4.79 Å². The van der Waals surface area contributed by atoms with Crippen molar-refractivity contribution in [3.8, 4) is 5.75 Å². The molecular formula is C14H20BrNO2. The maximum atomic E-state index is 11.8. The Balaban J connectivity index is 2.36. The number of rotatable bonds is 6. The van der Waals surface area contributed by atoms with E-state index in [1.165, 1.54) is 0 Å². The molecule has 0 aromatic heterocycles. The van der Waals surface area contributed by atoms with Crippen LogP contribution in [0, 0.1) is 6.92 Å². The standard InChI is InChI=1S/C14H20BrNO2/c1-11-5-4-6-13(9-11)18-8-7-14(17)16(3)12(2)10-15/h4-6,9,12H,7-8,10H2,1-3H3. The van der Waals surface area contributed by atoms with Gasteiger partial charge in [-0.3, -0.25) is 4.79 Å². The molecular weight excluding hydrogens is 294 g/mol. The fourth-order valence-electron chi connectivity index (χ4n) is 1.49. The van der Waals surface area contributed by atoms with E-state index in [-0.39, 0.29) is 11.9 Å². The number of alkyl halides is 1. The third-order valence-electron chi connectivity index (χ3n) is 2.85. The van der Waals surface area contributed by atoms with Gasteiger partial charge in [-0.25, -0.2) is 0 Å². The number of hydrogen-bond acceptors (Lipinski definition) is 2. The number of amides is 1. The fraction of sp³-hybridized carbons (Fsp3) is 0.500. The third kappa shape index (κ3) is 4.69. The monoisotopic (exact) mass is 313 g/mol. The van der Waals surface area contributed by atoms with Gasteiger partial charge in [-0.2, -0.15) is 0 Å². The first-order valence-corrected chi connectivity index (χ1v) is 7.18. The van der Waals surface area contributed by atoms with Crippen molar-refractivity contribution in [3.05, 3.63) is 29.8 Å². The van der Waals surface area contributed by atoms with E-state index in [0.717, 1.165) is 16.6 Å². The number of hydrogen-bond donors (Lipinski definition) is 0. The summed E-state index contributed by atoms with van der Waals surface area (Å²) in [6.45, 7) is 4.44. The second kappa shape index (κ2) is 7.41. The average Bonchev–Trinajstić information content (AvgIpc) is 2.36. The van der Waals surface area contributed by atoms with Crippen LogP contribution in [0.15, 0.2) is 24.3 Å². The van der Waals surface area contributed by atoms with Crippen LogP contribution in [0.1, 0.15) is 18.9 Å². The van der Waals surface area contributed by atoms with Crippen molar-refractivity contribution in [3.63, 3.8) is 0 Å². The highest BCUT2D eigenvalue weighted by molar-refractivity contribution is 9.09. The first-order valence-electron chi connectivity index (χ1n) is 6.05. The topological polar surface area (TPSA) is 29.5 Å². The molecule has 0 saturated carbocycles.